The summed E-state index contributed by atoms with van der Waals surface area (Å²) >= 11 is 5.85. The van der Waals surface area contributed by atoms with Crippen molar-refractivity contribution in [1.82, 2.24) is 15.8 Å². The molecule has 1 aromatic heterocycles. The number of oxazole rings is 1. The van der Waals surface area contributed by atoms with Gasteiger partial charge in [0.15, 0.2) is 11.7 Å². The van der Waals surface area contributed by atoms with E-state index in [-0.39, 0.29) is 41.4 Å². The van der Waals surface area contributed by atoms with Crippen LogP contribution in [-0.2, 0) is 11.2 Å². The first kappa shape index (κ1) is 21.3. The molecule has 0 bridgehead atoms. The molecule has 0 unspecified atom stereocenters. The third-order valence-corrected chi connectivity index (χ3v) is 4.27. The van der Waals surface area contributed by atoms with Crippen molar-refractivity contribution in [3.8, 4) is 17.1 Å². The lowest BCUT2D eigenvalue weighted by molar-refractivity contribution is -0.121. The Morgan fingerprint density at radius 1 is 1.17 bits per heavy atom. The first-order valence-corrected chi connectivity index (χ1v) is 9.08. The summed E-state index contributed by atoms with van der Waals surface area (Å²) in [6.45, 7) is 0. The van der Waals surface area contributed by atoms with Gasteiger partial charge in [-0.3, -0.25) is 20.4 Å². The Bertz CT molecular complexity index is 1090. The number of ether oxygens (including phenoxy) is 1. The quantitative estimate of drug-likeness (QED) is 0.576. The molecule has 0 spiro atoms. The van der Waals surface area contributed by atoms with Gasteiger partial charge in [0.2, 0.25) is 5.91 Å². The molecule has 10 heteroatoms. The summed E-state index contributed by atoms with van der Waals surface area (Å²) in [6.07, 6.45) is 1.34. The van der Waals surface area contributed by atoms with E-state index in [1.54, 1.807) is 0 Å². The van der Waals surface area contributed by atoms with Crippen LogP contribution in [0.2, 0.25) is 5.02 Å². The van der Waals surface area contributed by atoms with Crippen molar-refractivity contribution in [2.75, 3.05) is 7.11 Å². The Kier molecular flexibility index (Phi) is 6.63. The summed E-state index contributed by atoms with van der Waals surface area (Å²) in [6, 6.07) is 7.54. The summed E-state index contributed by atoms with van der Waals surface area (Å²) in [7, 11) is 1.39. The third kappa shape index (κ3) is 5.12. The lowest BCUT2D eigenvalue weighted by Gasteiger charge is -2.10. The van der Waals surface area contributed by atoms with Gasteiger partial charge < -0.3 is 9.15 Å². The average Bonchev–Trinajstić information content (AvgIpc) is 3.19. The molecule has 2 N–H and O–H groups in total. The number of rotatable bonds is 6. The second-order valence-electron chi connectivity index (χ2n) is 6.09. The van der Waals surface area contributed by atoms with Gasteiger partial charge >= 0.3 is 0 Å². The number of carbonyl (C=O) groups excluding carboxylic acids is 2. The van der Waals surface area contributed by atoms with Crippen molar-refractivity contribution in [1.29, 1.82) is 0 Å². The summed E-state index contributed by atoms with van der Waals surface area (Å²) < 4.78 is 37.3. The Balaban J connectivity index is 1.53. The van der Waals surface area contributed by atoms with Gasteiger partial charge in [0, 0.05) is 23.9 Å². The predicted octanol–water partition coefficient (Wildman–Crippen LogP) is 3.68. The van der Waals surface area contributed by atoms with Crippen molar-refractivity contribution in [3.05, 3.63) is 70.7 Å². The van der Waals surface area contributed by atoms with Gasteiger partial charge in [0.1, 0.15) is 17.4 Å². The topological polar surface area (TPSA) is 93.5 Å². The zero-order valence-electron chi connectivity index (χ0n) is 15.7. The largest absolute Gasteiger partial charge is 0.496 e. The molecule has 2 amide bonds. The molecule has 0 aliphatic heterocycles. The summed E-state index contributed by atoms with van der Waals surface area (Å²) in [5.41, 5.74) is 4.80. The zero-order valence-corrected chi connectivity index (χ0v) is 16.4. The van der Waals surface area contributed by atoms with Crippen LogP contribution in [0.5, 0.6) is 5.75 Å². The molecule has 0 saturated heterocycles. The van der Waals surface area contributed by atoms with E-state index in [4.69, 9.17) is 20.8 Å². The first-order chi connectivity index (χ1) is 14.4. The fourth-order valence-corrected chi connectivity index (χ4v) is 2.73. The molecule has 1 heterocycles. The van der Waals surface area contributed by atoms with E-state index in [9.17, 15) is 18.4 Å². The van der Waals surface area contributed by atoms with E-state index < -0.39 is 23.4 Å². The monoisotopic (exact) mass is 435 g/mol. The lowest BCUT2D eigenvalue weighted by Crippen LogP contribution is -2.41. The van der Waals surface area contributed by atoms with Crippen LogP contribution < -0.4 is 15.6 Å². The Morgan fingerprint density at radius 2 is 1.97 bits per heavy atom. The van der Waals surface area contributed by atoms with Gasteiger partial charge in [-0.15, -0.1) is 0 Å². The number of aromatic nitrogens is 1. The van der Waals surface area contributed by atoms with Crippen LogP contribution >= 0.6 is 11.6 Å². The van der Waals surface area contributed by atoms with Gasteiger partial charge in [0.05, 0.1) is 24.4 Å². The van der Waals surface area contributed by atoms with Gasteiger partial charge in [0.25, 0.3) is 5.91 Å². The van der Waals surface area contributed by atoms with E-state index in [0.717, 1.165) is 12.1 Å². The maximum Gasteiger partial charge on any atom is 0.273 e. The van der Waals surface area contributed by atoms with Crippen molar-refractivity contribution >= 4 is 23.4 Å². The minimum Gasteiger partial charge on any atom is -0.496 e. The standard InChI is InChI=1S/C20H16ClF2N3O4/c1-29-16-8-11(21)2-4-14(16)20(28)26-25-18(27)6-7-19-24-10-17(30-19)13-5-3-12(22)9-15(13)23/h2-5,8-10H,6-7H2,1H3,(H,25,27)(H,26,28). The van der Waals surface area contributed by atoms with Gasteiger partial charge in [-0.05, 0) is 30.3 Å². The van der Waals surface area contributed by atoms with Crippen LogP contribution in [0.3, 0.4) is 0 Å². The highest BCUT2D eigenvalue weighted by Gasteiger charge is 2.15. The second kappa shape index (κ2) is 9.36. The lowest BCUT2D eigenvalue weighted by atomic mass is 10.2. The summed E-state index contributed by atoms with van der Waals surface area (Å²) in [5.74, 6) is -2.00. The number of amides is 2. The van der Waals surface area contributed by atoms with Crippen molar-refractivity contribution in [2.45, 2.75) is 12.8 Å². The number of benzene rings is 2. The molecule has 0 saturated carbocycles. The molecule has 30 heavy (non-hydrogen) atoms. The highest BCUT2D eigenvalue weighted by molar-refractivity contribution is 6.30. The third-order valence-electron chi connectivity index (χ3n) is 4.04. The number of nitrogens with zero attached hydrogens (tertiary/aromatic N) is 1. The molecule has 0 aliphatic carbocycles. The molecule has 0 radical (unpaired) electrons. The maximum absolute atomic E-state index is 13.8. The van der Waals surface area contributed by atoms with E-state index in [0.29, 0.717) is 5.02 Å². The Labute approximate surface area is 175 Å². The number of hydrazine groups is 1. The smallest absolute Gasteiger partial charge is 0.273 e. The molecule has 156 valence electrons. The van der Waals surface area contributed by atoms with E-state index in [2.05, 4.69) is 15.8 Å². The highest BCUT2D eigenvalue weighted by Crippen LogP contribution is 2.25. The molecule has 3 aromatic rings. The maximum atomic E-state index is 13.8. The van der Waals surface area contributed by atoms with E-state index >= 15 is 0 Å². The van der Waals surface area contributed by atoms with Crippen molar-refractivity contribution in [2.24, 2.45) is 0 Å². The molecule has 3 rings (SSSR count). The van der Waals surface area contributed by atoms with Crippen molar-refractivity contribution < 1.29 is 27.5 Å². The molecule has 7 nitrogen and oxygen atoms in total. The molecule has 0 aliphatic rings. The van der Waals surface area contributed by atoms with E-state index in [1.807, 2.05) is 0 Å². The predicted molar refractivity (Wildman–Crippen MR) is 104 cm³/mol. The summed E-state index contributed by atoms with van der Waals surface area (Å²) in [5, 5.41) is 0.401. The zero-order chi connectivity index (χ0) is 21.7. The van der Waals surface area contributed by atoms with Crippen LogP contribution in [0, 0.1) is 11.6 Å². The van der Waals surface area contributed by atoms with Crippen LogP contribution in [0.15, 0.2) is 47.0 Å². The number of hydrogen-bond acceptors (Lipinski definition) is 5. The van der Waals surface area contributed by atoms with Crippen LogP contribution in [-0.4, -0.2) is 23.9 Å². The van der Waals surface area contributed by atoms with Crippen molar-refractivity contribution in [3.63, 3.8) is 0 Å². The van der Waals surface area contributed by atoms with Gasteiger partial charge in [-0.25, -0.2) is 13.8 Å². The minimum atomic E-state index is -0.782. The van der Waals surface area contributed by atoms with Crippen LogP contribution in [0.1, 0.15) is 22.7 Å². The molecule has 0 fully saturated rings. The number of nitrogens with one attached hydrogen (secondary N) is 2. The van der Waals surface area contributed by atoms with Crippen LogP contribution in [0.25, 0.3) is 11.3 Å². The normalized spacial score (nSPS) is 10.5. The van der Waals surface area contributed by atoms with Gasteiger partial charge in [-0.1, -0.05) is 11.6 Å². The molecular weight excluding hydrogens is 420 g/mol. The summed E-state index contributed by atoms with van der Waals surface area (Å²) in [4.78, 5) is 28.1. The SMILES string of the molecule is COc1cc(Cl)ccc1C(=O)NNC(=O)CCc1ncc(-c2ccc(F)cc2F)o1. The average molecular weight is 436 g/mol. The van der Waals surface area contributed by atoms with E-state index in [1.165, 1.54) is 37.6 Å². The Morgan fingerprint density at radius 3 is 2.70 bits per heavy atom. The second-order valence-corrected chi connectivity index (χ2v) is 6.53. The number of carbonyl (C=O) groups is 2. The Hall–Kier alpha value is -3.46. The highest BCUT2D eigenvalue weighted by atomic mass is 35.5. The van der Waals surface area contributed by atoms with Crippen LogP contribution in [0.4, 0.5) is 8.78 Å². The molecular formula is C20H16ClF2N3O4. The fraction of sp³-hybridized carbons (Fsp3) is 0.150. The number of aryl methyl sites for hydroxylation is 1. The fourth-order valence-electron chi connectivity index (χ4n) is 2.57. The van der Waals surface area contributed by atoms with Gasteiger partial charge in [-0.2, -0.15) is 0 Å². The molecule has 2 aromatic carbocycles. The molecule has 0 atom stereocenters. The number of methoxy groups -OCH3 is 1. The first-order valence-electron chi connectivity index (χ1n) is 8.70. The number of halogens is 3. The minimum absolute atomic E-state index is 0.0517. The number of hydrogen-bond donors (Lipinski definition) is 2.